The predicted octanol–water partition coefficient (Wildman–Crippen LogP) is 0.637. The molecule has 1 heterocycles. The number of esters is 1. The number of phenolic OH excluding ortho intramolecular Hbond substituents is 1. The molecule has 1 aliphatic rings. The number of aromatic hydroxyl groups is 1. The molecule has 0 spiro atoms. The molecule has 1 unspecified atom stereocenters. The van der Waals surface area contributed by atoms with E-state index in [1.54, 1.807) is 6.07 Å². The number of carbonyl (C=O) groups is 1. The Morgan fingerprint density at radius 2 is 2.44 bits per heavy atom. The maximum Gasteiger partial charge on any atom is 0.305 e. The molecule has 0 bridgehead atoms. The van der Waals surface area contributed by atoms with Gasteiger partial charge in [-0.2, -0.15) is 0 Å². The van der Waals surface area contributed by atoms with Gasteiger partial charge in [0.1, 0.15) is 11.4 Å². The Kier molecular flexibility index (Phi) is 3.10. The van der Waals surface area contributed by atoms with Gasteiger partial charge < -0.3 is 15.2 Å². The van der Waals surface area contributed by atoms with Crippen LogP contribution in [0, 0.1) is 0 Å². The lowest BCUT2D eigenvalue weighted by Crippen LogP contribution is -2.76. The van der Waals surface area contributed by atoms with Gasteiger partial charge in [0.25, 0.3) is 0 Å². The summed E-state index contributed by atoms with van der Waals surface area (Å²) in [5.74, 6) is 0.389. The van der Waals surface area contributed by atoms with Crippen molar-refractivity contribution in [3.8, 4) is 5.75 Å². The standard InChI is InChI=1S/C12H15NO3/c1-16-11(15)6-5-8-7-13-9-3-2-4-10(14)12(8)9/h2-4,8,13-14H,5-7H2,1H3/p+1. The van der Waals surface area contributed by atoms with Gasteiger partial charge in [0.15, 0.2) is 0 Å². The number of ether oxygens (including phenoxy) is 1. The highest BCUT2D eigenvalue weighted by Gasteiger charge is 2.29. The van der Waals surface area contributed by atoms with Gasteiger partial charge in [0.2, 0.25) is 0 Å². The second kappa shape index (κ2) is 4.53. The van der Waals surface area contributed by atoms with Gasteiger partial charge in [0.05, 0.1) is 19.2 Å². The highest BCUT2D eigenvalue weighted by atomic mass is 16.5. The molecule has 1 atom stereocenters. The zero-order chi connectivity index (χ0) is 11.5. The van der Waals surface area contributed by atoms with Crippen molar-refractivity contribution in [1.82, 2.24) is 0 Å². The van der Waals surface area contributed by atoms with Crippen LogP contribution in [-0.2, 0) is 9.53 Å². The molecule has 0 saturated carbocycles. The molecule has 0 amide bonds. The van der Waals surface area contributed by atoms with Crippen LogP contribution >= 0.6 is 0 Å². The SMILES string of the molecule is COC(=O)CCC1C[NH2+]c2cccc(O)c21. The van der Waals surface area contributed by atoms with Gasteiger partial charge >= 0.3 is 5.97 Å². The van der Waals surface area contributed by atoms with E-state index in [1.165, 1.54) is 7.11 Å². The Hall–Kier alpha value is -1.55. The van der Waals surface area contributed by atoms with E-state index < -0.39 is 0 Å². The lowest BCUT2D eigenvalue weighted by Gasteiger charge is -2.07. The van der Waals surface area contributed by atoms with Crippen molar-refractivity contribution in [3.05, 3.63) is 23.8 Å². The smallest absolute Gasteiger partial charge is 0.305 e. The molecule has 0 fully saturated rings. The highest BCUT2D eigenvalue weighted by molar-refractivity contribution is 5.69. The van der Waals surface area contributed by atoms with Crippen LogP contribution in [0.25, 0.3) is 0 Å². The molecule has 0 radical (unpaired) electrons. The van der Waals surface area contributed by atoms with Crippen LogP contribution in [0.5, 0.6) is 5.75 Å². The number of benzene rings is 1. The maximum absolute atomic E-state index is 11.1. The third-order valence-corrected chi connectivity index (χ3v) is 3.07. The van der Waals surface area contributed by atoms with Crippen molar-refractivity contribution >= 4 is 11.7 Å². The molecule has 4 nitrogen and oxygen atoms in total. The molecule has 0 saturated heterocycles. The number of phenols is 1. The topological polar surface area (TPSA) is 63.1 Å². The second-order valence-corrected chi connectivity index (χ2v) is 4.03. The summed E-state index contributed by atoms with van der Waals surface area (Å²) in [5, 5.41) is 11.9. The Balaban J connectivity index is 2.08. The van der Waals surface area contributed by atoms with Gasteiger partial charge in [0, 0.05) is 12.3 Å². The third kappa shape index (κ3) is 2.02. The average molecular weight is 222 g/mol. The monoisotopic (exact) mass is 222 g/mol. The lowest BCUT2D eigenvalue weighted by atomic mass is 9.95. The first-order valence-electron chi connectivity index (χ1n) is 5.44. The molecule has 1 aromatic carbocycles. The summed E-state index contributed by atoms with van der Waals surface area (Å²) < 4.78 is 4.62. The van der Waals surface area contributed by atoms with Crippen LogP contribution in [0.2, 0.25) is 0 Å². The van der Waals surface area contributed by atoms with Gasteiger partial charge in [-0.1, -0.05) is 6.07 Å². The van der Waals surface area contributed by atoms with Crippen LogP contribution in [0.4, 0.5) is 5.69 Å². The molecule has 1 aliphatic heterocycles. The fraction of sp³-hybridized carbons (Fsp3) is 0.417. The van der Waals surface area contributed by atoms with Gasteiger partial charge in [-0.25, -0.2) is 0 Å². The van der Waals surface area contributed by atoms with Gasteiger partial charge in [-0.15, -0.1) is 0 Å². The van der Waals surface area contributed by atoms with Gasteiger partial charge in [-0.3, -0.25) is 4.79 Å². The van der Waals surface area contributed by atoms with Crippen LogP contribution < -0.4 is 5.32 Å². The number of carbonyl (C=O) groups excluding carboxylic acids is 1. The Labute approximate surface area is 94.2 Å². The minimum Gasteiger partial charge on any atom is -0.507 e. The predicted molar refractivity (Wildman–Crippen MR) is 58.6 cm³/mol. The van der Waals surface area contributed by atoms with Gasteiger partial charge in [-0.05, 0) is 18.6 Å². The molecule has 3 N–H and O–H groups in total. The van der Waals surface area contributed by atoms with Crippen molar-refractivity contribution in [2.45, 2.75) is 18.8 Å². The number of fused-ring (bicyclic) bond motifs is 1. The number of rotatable bonds is 3. The molecule has 1 aromatic rings. The Bertz CT molecular complexity index is 403. The third-order valence-electron chi connectivity index (χ3n) is 3.07. The molecule has 2 rings (SSSR count). The number of nitrogens with two attached hydrogens (primary N) is 1. The molecule has 86 valence electrons. The van der Waals surface area contributed by atoms with E-state index in [0.717, 1.165) is 24.2 Å². The molecule has 4 heteroatoms. The summed E-state index contributed by atoms with van der Waals surface area (Å²) in [6.07, 6.45) is 1.14. The zero-order valence-corrected chi connectivity index (χ0v) is 9.27. The van der Waals surface area contributed by atoms with E-state index >= 15 is 0 Å². The fourth-order valence-corrected chi connectivity index (χ4v) is 2.24. The molecule has 0 aliphatic carbocycles. The first-order valence-corrected chi connectivity index (χ1v) is 5.44. The first-order chi connectivity index (χ1) is 7.72. The summed E-state index contributed by atoms with van der Waals surface area (Å²) in [5.41, 5.74) is 2.07. The van der Waals surface area contributed by atoms with E-state index in [-0.39, 0.29) is 11.9 Å². The average Bonchev–Trinajstić information content (AvgIpc) is 2.70. The minimum absolute atomic E-state index is 0.191. The van der Waals surface area contributed by atoms with Crippen molar-refractivity contribution in [2.24, 2.45) is 0 Å². The van der Waals surface area contributed by atoms with Crippen LogP contribution in [0.1, 0.15) is 24.3 Å². The lowest BCUT2D eigenvalue weighted by molar-refractivity contribution is -0.564. The summed E-state index contributed by atoms with van der Waals surface area (Å²) in [4.78, 5) is 11.1. The quantitative estimate of drug-likeness (QED) is 0.582. The minimum atomic E-state index is -0.191. The molecular formula is C12H16NO3+. The summed E-state index contributed by atoms with van der Waals surface area (Å²) in [6.45, 7) is 0.893. The molecule has 0 aromatic heterocycles. The number of methoxy groups -OCH3 is 1. The van der Waals surface area contributed by atoms with E-state index in [9.17, 15) is 9.90 Å². The normalized spacial score (nSPS) is 18.2. The highest BCUT2D eigenvalue weighted by Crippen LogP contribution is 2.35. The number of hydrogen-bond acceptors (Lipinski definition) is 3. The summed E-state index contributed by atoms with van der Waals surface area (Å²) in [7, 11) is 1.40. The van der Waals surface area contributed by atoms with Crippen LogP contribution in [-0.4, -0.2) is 24.7 Å². The van der Waals surface area contributed by atoms with Crippen LogP contribution in [0.15, 0.2) is 18.2 Å². The largest absolute Gasteiger partial charge is 0.507 e. The van der Waals surface area contributed by atoms with E-state index in [1.807, 2.05) is 12.1 Å². The second-order valence-electron chi connectivity index (χ2n) is 4.03. The number of hydrogen-bond donors (Lipinski definition) is 2. The van der Waals surface area contributed by atoms with Crippen molar-refractivity contribution < 1.29 is 20.0 Å². The van der Waals surface area contributed by atoms with Crippen LogP contribution in [0.3, 0.4) is 0 Å². The summed E-state index contributed by atoms with van der Waals surface area (Å²) >= 11 is 0. The van der Waals surface area contributed by atoms with Crippen molar-refractivity contribution in [3.63, 3.8) is 0 Å². The molecule has 16 heavy (non-hydrogen) atoms. The molecular weight excluding hydrogens is 206 g/mol. The Morgan fingerprint density at radius 3 is 3.19 bits per heavy atom. The van der Waals surface area contributed by atoms with E-state index in [4.69, 9.17) is 0 Å². The van der Waals surface area contributed by atoms with Crippen molar-refractivity contribution in [2.75, 3.05) is 13.7 Å². The number of quaternary nitrogens is 1. The summed E-state index contributed by atoms with van der Waals surface area (Å²) in [6, 6.07) is 5.53. The maximum atomic E-state index is 11.1. The van der Waals surface area contributed by atoms with E-state index in [0.29, 0.717) is 12.2 Å². The van der Waals surface area contributed by atoms with Crippen molar-refractivity contribution in [1.29, 1.82) is 0 Å². The first kappa shape index (κ1) is 11.0. The zero-order valence-electron chi connectivity index (χ0n) is 9.27. The van der Waals surface area contributed by atoms with E-state index in [2.05, 4.69) is 10.1 Å². The fourth-order valence-electron chi connectivity index (χ4n) is 2.24. The Morgan fingerprint density at radius 1 is 1.62 bits per heavy atom.